The summed E-state index contributed by atoms with van der Waals surface area (Å²) < 4.78 is 6.49. The molecular formula is C17H20BrNOS. The van der Waals surface area contributed by atoms with Crippen LogP contribution in [0.5, 0.6) is 5.75 Å². The van der Waals surface area contributed by atoms with E-state index in [2.05, 4.69) is 47.1 Å². The summed E-state index contributed by atoms with van der Waals surface area (Å²) >= 11 is 5.36. The lowest BCUT2D eigenvalue weighted by molar-refractivity contribution is 0.405. The van der Waals surface area contributed by atoms with Gasteiger partial charge in [0.05, 0.1) is 12.0 Å². The molecule has 0 saturated carbocycles. The molecule has 2 aromatic carbocycles. The number of halogens is 1. The first-order chi connectivity index (χ1) is 10.1. The van der Waals surface area contributed by atoms with Gasteiger partial charge in [-0.05, 0) is 58.6 Å². The van der Waals surface area contributed by atoms with Crippen LogP contribution in [0.2, 0.25) is 0 Å². The maximum Gasteiger partial charge on any atom is 0.132 e. The minimum absolute atomic E-state index is 0.227. The van der Waals surface area contributed by atoms with Crippen molar-refractivity contribution in [1.82, 2.24) is 0 Å². The molecule has 112 valence electrons. The van der Waals surface area contributed by atoms with Crippen LogP contribution in [0.1, 0.15) is 18.9 Å². The van der Waals surface area contributed by atoms with Crippen molar-refractivity contribution in [2.24, 2.45) is 5.73 Å². The monoisotopic (exact) mass is 365 g/mol. The predicted octanol–water partition coefficient (Wildman–Crippen LogP) is 4.89. The predicted molar refractivity (Wildman–Crippen MR) is 93.2 cm³/mol. The molecule has 2 N–H and O–H groups in total. The van der Waals surface area contributed by atoms with Gasteiger partial charge in [0.25, 0.3) is 0 Å². The van der Waals surface area contributed by atoms with Crippen LogP contribution in [0, 0.1) is 0 Å². The van der Waals surface area contributed by atoms with Crippen molar-refractivity contribution in [1.29, 1.82) is 0 Å². The van der Waals surface area contributed by atoms with Crippen LogP contribution < -0.4 is 10.5 Å². The highest BCUT2D eigenvalue weighted by Crippen LogP contribution is 2.38. The molecule has 1 unspecified atom stereocenters. The Morgan fingerprint density at radius 1 is 1.19 bits per heavy atom. The molecule has 0 aliphatic carbocycles. The van der Waals surface area contributed by atoms with Gasteiger partial charge in [0.1, 0.15) is 5.75 Å². The highest BCUT2D eigenvalue weighted by Gasteiger charge is 2.09. The highest BCUT2D eigenvalue weighted by atomic mass is 79.9. The lowest BCUT2D eigenvalue weighted by Crippen LogP contribution is -2.21. The molecule has 0 radical (unpaired) electrons. The zero-order valence-electron chi connectivity index (χ0n) is 12.3. The lowest BCUT2D eigenvalue weighted by Gasteiger charge is -2.12. The van der Waals surface area contributed by atoms with E-state index in [1.54, 1.807) is 18.9 Å². The van der Waals surface area contributed by atoms with Crippen molar-refractivity contribution in [3.05, 3.63) is 52.5 Å². The molecule has 21 heavy (non-hydrogen) atoms. The van der Waals surface area contributed by atoms with E-state index in [9.17, 15) is 0 Å². The van der Waals surface area contributed by atoms with Gasteiger partial charge in [0, 0.05) is 15.4 Å². The minimum Gasteiger partial charge on any atom is -0.496 e. The van der Waals surface area contributed by atoms with Crippen molar-refractivity contribution < 1.29 is 4.74 Å². The SMILES string of the molecule is CCC(N)Cc1ccc(Sc2ccccc2OC)c(Br)c1. The van der Waals surface area contributed by atoms with E-state index in [-0.39, 0.29) is 6.04 Å². The van der Waals surface area contributed by atoms with Crippen LogP contribution in [0.15, 0.2) is 56.7 Å². The number of methoxy groups -OCH3 is 1. The van der Waals surface area contributed by atoms with Gasteiger partial charge >= 0.3 is 0 Å². The van der Waals surface area contributed by atoms with E-state index in [0.717, 1.165) is 28.0 Å². The summed E-state index contributed by atoms with van der Waals surface area (Å²) in [6, 6.07) is 14.7. The number of hydrogen-bond donors (Lipinski definition) is 1. The summed E-state index contributed by atoms with van der Waals surface area (Å²) in [6.07, 6.45) is 1.91. The fourth-order valence-electron chi connectivity index (χ4n) is 2.02. The molecule has 1 atom stereocenters. The van der Waals surface area contributed by atoms with Crippen LogP contribution in [0.3, 0.4) is 0 Å². The third kappa shape index (κ3) is 4.50. The van der Waals surface area contributed by atoms with Crippen molar-refractivity contribution in [2.75, 3.05) is 7.11 Å². The van der Waals surface area contributed by atoms with Gasteiger partial charge < -0.3 is 10.5 Å². The topological polar surface area (TPSA) is 35.2 Å². The fraction of sp³-hybridized carbons (Fsp3) is 0.294. The smallest absolute Gasteiger partial charge is 0.132 e. The average Bonchev–Trinajstić information content (AvgIpc) is 2.50. The summed E-state index contributed by atoms with van der Waals surface area (Å²) in [6.45, 7) is 2.12. The van der Waals surface area contributed by atoms with E-state index in [1.165, 1.54) is 10.5 Å². The van der Waals surface area contributed by atoms with Crippen molar-refractivity contribution in [2.45, 2.75) is 35.6 Å². The molecule has 0 fully saturated rings. The molecule has 0 aliphatic rings. The molecule has 4 heteroatoms. The summed E-state index contributed by atoms with van der Waals surface area (Å²) in [4.78, 5) is 2.28. The standard InChI is InChI=1S/C17H20BrNOS/c1-3-13(19)10-12-8-9-16(14(18)11-12)21-17-7-5-4-6-15(17)20-2/h4-9,11,13H,3,10,19H2,1-2H3. The van der Waals surface area contributed by atoms with Gasteiger partial charge in [-0.25, -0.2) is 0 Å². The molecule has 0 spiro atoms. The number of ether oxygens (including phenoxy) is 1. The molecule has 0 aliphatic heterocycles. The average molecular weight is 366 g/mol. The Hall–Kier alpha value is -0.970. The molecular weight excluding hydrogens is 346 g/mol. The van der Waals surface area contributed by atoms with Gasteiger partial charge in [0.2, 0.25) is 0 Å². The Bertz CT molecular complexity index is 603. The first kappa shape index (κ1) is 16.4. The van der Waals surface area contributed by atoms with Gasteiger partial charge in [0.15, 0.2) is 0 Å². The number of hydrogen-bond acceptors (Lipinski definition) is 3. The molecule has 0 amide bonds. The first-order valence-electron chi connectivity index (χ1n) is 6.99. The quantitative estimate of drug-likeness (QED) is 0.791. The molecule has 2 nitrogen and oxygen atoms in total. The zero-order valence-corrected chi connectivity index (χ0v) is 14.7. The molecule has 2 rings (SSSR count). The van der Waals surface area contributed by atoms with E-state index in [1.807, 2.05) is 18.2 Å². The van der Waals surface area contributed by atoms with Crippen LogP contribution in [-0.4, -0.2) is 13.2 Å². The number of rotatable bonds is 6. The van der Waals surface area contributed by atoms with Gasteiger partial charge in [-0.3, -0.25) is 0 Å². The Labute approximate surface area is 139 Å². The Morgan fingerprint density at radius 2 is 1.95 bits per heavy atom. The maximum absolute atomic E-state index is 6.02. The van der Waals surface area contributed by atoms with Crippen LogP contribution in [-0.2, 0) is 6.42 Å². The number of nitrogens with two attached hydrogens (primary N) is 1. The second-order valence-electron chi connectivity index (χ2n) is 4.89. The van der Waals surface area contributed by atoms with Crippen LogP contribution in [0.25, 0.3) is 0 Å². The van der Waals surface area contributed by atoms with Crippen molar-refractivity contribution in [3.63, 3.8) is 0 Å². The normalized spacial score (nSPS) is 12.2. The van der Waals surface area contributed by atoms with E-state index >= 15 is 0 Å². The fourth-order valence-corrected chi connectivity index (χ4v) is 3.62. The largest absolute Gasteiger partial charge is 0.496 e. The van der Waals surface area contributed by atoms with Crippen LogP contribution in [0.4, 0.5) is 0 Å². The van der Waals surface area contributed by atoms with Gasteiger partial charge in [-0.2, -0.15) is 0 Å². The van der Waals surface area contributed by atoms with E-state index in [4.69, 9.17) is 10.5 Å². The van der Waals surface area contributed by atoms with Crippen LogP contribution >= 0.6 is 27.7 Å². The number of benzene rings is 2. The molecule has 2 aromatic rings. The summed E-state index contributed by atoms with van der Waals surface area (Å²) in [7, 11) is 1.70. The third-order valence-corrected chi connectivity index (χ3v) is 5.36. The summed E-state index contributed by atoms with van der Waals surface area (Å²) in [5, 5.41) is 0. The first-order valence-corrected chi connectivity index (χ1v) is 8.59. The molecule has 0 aromatic heterocycles. The zero-order chi connectivity index (χ0) is 15.2. The molecule has 0 bridgehead atoms. The van der Waals surface area contributed by atoms with Gasteiger partial charge in [-0.1, -0.05) is 36.9 Å². The van der Waals surface area contributed by atoms with E-state index < -0.39 is 0 Å². The third-order valence-electron chi connectivity index (χ3n) is 3.31. The van der Waals surface area contributed by atoms with Crippen molar-refractivity contribution in [3.8, 4) is 5.75 Å². The Kier molecular flexibility index (Phi) is 6.15. The summed E-state index contributed by atoms with van der Waals surface area (Å²) in [5.41, 5.74) is 7.28. The maximum atomic E-state index is 6.02. The highest BCUT2D eigenvalue weighted by molar-refractivity contribution is 9.10. The lowest BCUT2D eigenvalue weighted by atomic mass is 10.1. The Morgan fingerprint density at radius 3 is 2.62 bits per heavy atom. The molecule has 0 saturated heterocycles. The van der Waals surface area contributed by atoms with Crippen molar-refractivity contribution >= 4 is 27.7 Å². The second-order valence-corrected chi connectivity index (χ2v) is 6.83. The van der Waals surface area contributed by atoms with Gasteiger partial charge in [-0.15, -0.1) is 0 Å². The number of para-hydroxylation sites is 1. The molecule has 0 heterocycles. The minimum atomic E-state index is 0.227. The van der Waals surface area contributed by atoms with E-state index in [0.29, 0.717) is 0 Å². The summed E-state index contributed by atoms with van der Waals surface area (Å²) in [5.74, 6) is 0.895. The Balaban J connectivity index is 2.17. The second kappa shape index (κ2) is 7.87.